The fraction of sp³-hybridized carbons (Fsp3) is 0.383. The Hall–Kier alpha value is -5.39. The van der Waals surface area contributed by atoms with Crippen LogP contribution in [-0.2, 0) is 5.41 Å². The van der Waals surface area contributed by atoms with E-state index in [1.807, 2.05) is 12.1 Å². The molecule has 0 aliphatic carbocycles. The van der Waals surface area contributed by atoms with Crippen LogP contribution in [0.25, 0.3) is 65.3 Å². The summed E-state index contributed by atoms with van der Waals surface area (Å²) in [6, 6.07) is 33.1. The average molecular weight is 885 g/mol. The number of allylic oxidation sites excluding steroid dienone is 1. The van der Waals surface area contributed by atoms with E-state index in [9.17, 15) is 4.79 Å². The fourth-order valence-corrected chi connectivity index (χ4v) is 10.3. The number of rotatable bonds is 19. The van der Waals surface area contributed by atoms with Crippen molar-refractivity contribution in [3.05, 3.63) is 125 Å². The Balaban J connectivity index is 1.61. The predicted molar refractivity (Wildman–Crippen MR) is 283 cm³/mol. The highest BCUT2D eigenvalue weighted by molar-refractivity contribution is 6.27. The molecule has 0 aliphatic rings. The number of aryl methyl sites for hydroxylation is 1. The van der Waals surface area contributed by atoms with Gasteiger partial charge < -0.3 is 13.9 Å². The van der Waals surface area contributed by atoms with Crippen LogP contribution in [0, 0.1) is 25.7 Å². The molecule has 0 spiro atoms. The number of carbonyl (C=O) groups is 1. The molecule has 4 nitrogen and oxygen atoms in total. The van der Waals surface area contributed by atoms with Gasteiger partial charge in [-0.2, -0.15) is 0 Å². The van der Waals surface area contributed by atoms with Gasteiger partial charge in [0.15, 0.2) is 5.78 Å². The lowest BCUT2D eigenvalue weighted by Gasteiger charge is -2.26. The molecule has 0 aliphatic heterocycles. The Morgan fingerprint density at radius 2 is 1.18 bits per heavy atom. The SMILES string of the molecule is C=C(C)C(=O)c1ccc2c(-c3c4cc(OCC(CC)CCCC)ccc4c(-c4c(O[SiH3])c(C)c(C)c5cc(C(C)(C)C)ccc45)c4cc(OCC(CC)CCCC)ccc34)cccc2c1. The third kappa shape index (κ3) is 9.78. The Bertz CT molecular complexity index is 2880. The Morgan fingerprint density at radius 3 is 1.74 bits per heavy atom. The van der Waals surface area contributed by atoms with E-state index in [1.54, 1.807) is 6.92 Å². The minimum absolute atomic E-state index is 0.0109. The summed E-state index contributed by atoms with van der Waals surface area (Å²) in [6.45, 7) is 27.5. The predicted octanol–water partition coefficient (Wildman–Crippen LogP) is 16.2. The lowest BCUT2D eigenvalue weighted by molar-refractivity contribution is 0.103. The number of benzene rings is 7. The van der Waals surface area contributed by atoms with Crippen LogP contribution in [0.2, 0.25) is 0 Å². The van der Waals surface area contributed by atoms with Crippen molar-refractivity contribution in [1.29, 1.82) is 0 Å². The van der Waals surface area contributed by atoms with Crippen LogP contribution in [0.1, 0.15) is 134 Å². The molecule has 0 aromatic heterocycles. The van der Waals surface area contributed by atoms with E-state index in [0.29, 0.717) is 46.7 Å². The van der Waals surface area contributed by atoms with Crippen LogP contribution < -0.4 is 13.9 Å². The third-order valence-corrected chi connectivity index (χ3v) is 14.5. The first-order chi connectivity index (χ1) is 31.2. The average Bonchev–Trinajstić information content (AvgIpc) is 3.31. The smallest absolute Gasteiger partial charge is 0.204 e. The van der Waals surface area contributed by atoms with Crippen molar-refractivity contribution < 1.29 is 18.7 Å². The van der Waals surface area contributed by atoms with Crippen LogP contribution in [0.15, 0.2) is 103 Å². The van der Waals surface area contributed by atoms with Crippen molar-refractivity contribution in [3.8, 4) is 39.5 Å². The molecule has 0 bridgehead atoms. The Morgan fingerprint density at radius 1 is 0.631 bits per heavy atom. The molecule has 7 aromatic carbocycles. The number of fused-ring (bicyclic) bond motifs is 4. The molecule has 7 aromatic rings. The summed E-state index contributed by atoms with van der Waals surface area (Å²) >= 11 is 0. The van der Waals surface area contributed by atoms with Crippen molar-refractivity contribution >= 4 is 59.4 Å². The number of ketones is 1. The summed E-state index contributed by atoms with van der Waals surface area (Å²) in [4.78, 5) is 13.2. The van der Waals surface area contributed by atoms with Crippen molar-refractivity contribution in [1.82, 2.24) is 0 Å². The molecule has 0 radical (unpaired) electrons. The highest BCUT2D eigenvalue weighted by atomic mass is 28.2. The number of hydrogen-bond donors (Lipinski definition) is 0. The van der Waals surface area contributed by atoms with E-state index >= 15 is 0 Å². The van der Waals surface area contributed by atoms with E-state index in [-0.39, 0.29) is 11.2 Å². The number of unbranched alkanes of at least 4 members (excludes halogenated alkanes) is 2. The van der Waals surface area contributed by atoms with E-state index in [0.717, 1.165) is 97.5 Å². The van der Waals surface area contributed by atoms with Gasteiger partial charge in [0, 0.05) is 16.7 Å². The summed E-state index contributed by atoms with van der Waals surface area (Å²) in [5, 5.41) is 8.98. The zero-order valence-electron chi connectivity index (χ0n) is 41.2. The highest BCUT2D eigenvalue weighted by Crippen LogP contribution is 2.52. The first-order valence-corrected chi connectivity index (χ1v) is 25.2. The highest BCUT2D eigenvalue weighted by Gasteiger charge is 2.26. The van der Waals surface area contributed by atoms with Crippen molar-refractivity contribution in [2.24, 2.45) is 11.8 Å². The second-order valence-corrected chi connectivity index (χ2v) is 20.0. The summed E-state index contributed by atoms with van der Waals surface area (Å²) in [5.41, 5.74) is 9.37. The van der Waals surface area contributed by atoms with Gasteiger partial charge in [-0.25, -0.2) is 0 Å². The van der Waals surface area contributed by atoms with Gasteiger partial charge in [0.1, 0.15) is 17.2 Å². The van der Waals surface area contributed by atoms with Crippen LogP contribution >= 0.6 is 0 Å². The summed E-state index contributed by atoms with van der Waals surface area (Å²) in [5.74, 6) is 3.63. The van der Waals surface area contributed by atoms with E-state index < -0.39 is 0 Å². The second-order valence-electron chi connectivity index (χ2n) is 19.6. The van der Waals surface area contributed by atoms with Crippen LogP contribution in [0.4, 0.5) is 0 Å². The minimum atomic E-state index is -0.0385. The molecule has 5 heteroatoms. The number of ether oxygens (including phenoxy) is 2. The molecule has 0 N–H and O–H groups in total. The quantitative estimate of drug-likeness (QED) is 0.0351. The molecule has 7 rings (SSSR count). The van der Waals surface area contributed by atoms with Gasteiger partial charge in [-0.15, -0.1) is 0 Å². The number of hydrogen-bond acceptors (Lipinski definition) is 4. The van der Waals surface area contributed by atoms with Crippen molar-refractivity contribution in [2.75, 3.05) is 13.2 Å². The maximum atomic E-state index is 13.2. The normalized spacial score (nSPS) is 12.9. The molecular weight excluding hydrogens is 813 g/mol. The molecular formula is C60H72O4Si. The molecule has 0 fully saturated rings. The number of carbonyl (C=O) groups excluding carboxylic acids is 1. The van der Waals surface area contributed by atoms with E-state index in [1.165, 1.54) is 53.1 Å². The van der Waals surface area contributed by atoms with E-state index in [4.69, 9.17) is 13.9 Å². The zero-order valence-corrected chi connectivity index (χ0v) is 43.2. The standard InChI is InChI=1S/C60H72O4Si/c1-12-16-19-40(14-3)35-62-45-26-30-51-53(33-45)55(48-22-18-21-42-31-43(23-27-47(42)48)58(61)37(5)6)50-29-25-46(63-36-41(15-4)20-17-13-2)34-54(50)56(51)57-49-28-24-44(60(9,10)11)32-52(49)38(7)39(8)59(57)64-65/h18,21-34,40-41H,5,12-17,19-20,35-36H2,1-4,6-11,65H3. The molecule has 65 heavy (non-hydrogen) atoms. The third-order valence-electron chi connectivity index (χ3n) is 14.1. The monoisotopic (exact) mass is 885 g/mol. The Labute approximate surface area is 392 Å². The van der Waals surface area contributed by atoms with Gasteiger partial charge in [0.25, 0.3) is 0 Å². The van der Waals surface area contributed by atoms with Gasteiger partial charge in [-0.05, 0) is 158 Å². The maximum absolute atomic E-state index is 13.2. The minimum Gasteiger partial charge on any atom is -0.553 e. The number of Topliss-reactive ketones (excluding diaryl/α,β-unsaturated/α-hetero) is 1. The molecule has 0 saturated carbocycles. The second kappa shape index (κ2) is 20.4. The summed E-state index contributed by atoms with van der Waals surface area (Å²) in [6.07, 6.45) is 9.27. The van der Waals surface area contributed by atoms with Crippen molar-refractivity contribution in [2.45, 2.75) is 126 Å². The van der Waals surface area contributed by atoms with Gasteiger partial charge in [0.05, 0.1) is 13.2 Å². The molecule has 2 atom stereocenters. The molecule has 0 saturated heterocycles. The largest absolute Gasteiger partial charge is 0.553 e. The van der Waals surface area contributed by atoms with E-state index in [2.05, 4.69) is 148 Å². The summed E-state index contributed by atoms with van der Waals surface area (Å²) in [7, 11) is 0.537. The summed E-state index contributed by atoms with van der Waals surface area (Å²) < 4.78 is 20.3. The molecule has 2 unspecified atom stereocenters. The topological polar surface area (TPSA) is 44.8 Å². The lowest BCUT2D eigenvalue weighted by atomic mass is 9.80. The van der Waals surface area contributed by atoms with Crippen LogP contribution in [0.5, 0.6) is 17.2 Å². The zero-order chi connectivity index (χ0) is 46.6. The van der Waals surface area contributed by atoms with Crippen molar-refractivity contribution in [3.63, 3.8) is 0 Å². The fourth-order valence-electron chi connectivity index (χ4n) is 9.76. The van der Waals surface area contributed by atoms with Gasteiger partial charge >= 0.3 is 0 Å². The molecule has 0 heterocycles. The molecule has 340 valence electrons. The lowest BCUT2D eigenvalue weighted by Crippen LogP contribution is -2.11. The van der Waals surface area contributed by atoms with Crippen LogP contribution in [0.3, 0.4) is 0 Å². The van der Waals surface area contributed by atoms with Gasteiger partial charge in [-0.1, -0.05) is 154 Å². The molecule has 0 amide bonds. The van der Waals surface area contributed by atoms with Gasteiger partial charge in [-0.3, -0.25) is 4.79 Å². The Kier molecular flexibility index (Phi) is 14.9. The first-order valence-electron chi connectivity index (χ1n) is 24.4. The van der Waals surface area contributed by atoms with Gasteiger partial charge in [0.2, 0.25) is 10.5 Å². The first kappa shape index (κ1) is 47.6. The maximum Gasteiger partial charge on any atom is 0.204 e. The van der Waals surface area contributed by atoms with Crippen LogP contribution in [-0.4, -0.2) is 29.5 Å².